The Morgan fingerprint density at radius 1 is 0.955 bits per heavy atom. The van der Waals surface area contributed by atoms with Crippen LogP contribution in [0.15, 0.2) is 30.3 Å². The van der Waals surface area contributed by atoms with Crippen LogP contribution in [0.3, 0.4) is 0 Å². The predicted molar refractivity (Wildman–Crippen MR) is 93.0 cm³/mol. The van der Waals surface area contributed by atoms with Crippen LogP contribution in [0.1, 0.15) is 69.3 Å². The fourth-order valence-corrected chi connectivity index (χ4v) is 3.71. The number of hydrogen-bond donors (Lipinski definition) is 1. The summed E-state index contributed by atoms with van der Waals surface area (Å²) in [6, 6.07) is 10.5. The third-order valence-corrected chi connectivity index (χ3v) is 5.09. The van der Waals surface area contributed by atoms with Gasteiger partial charge in [-0.3, -0.25) is 0 Å². The van der Waals surface area contributed by atoms with E-state index in [1.54, 1.807) is 0 Å². The van der Waals surface area contributed by atoms with Gasteiger partial charge in [-0.25, -0.2) is 4.98 Å². The van der Waals surface area contributed by atoms with Crippen molar-refractivity contribution in [1.82, 2.24) is 9.97 Å². The van der Waals surface area contributed by atoms with Gasteiger partial charge < -0.3 is 4.98 Å². The van der Waals surface area contributed by atoms with Crippen molar-refractivity contribution in [3.05, 3.63) is 41.9 Å². The molecule has 1 aliphatic carbocycles. The number of imidazole rings is 1. The van der Waals surface area contributed by atoms with Crippen LogP contribution in [0.25, 0.3) is 11.3 Å². The minimum atomic E-state index is 0.612. The summed E-state index contributed by atoms with van der Waals surface area (Å²) in [5.41, 5.74) is 3.55. The summed E-state index contributed by atoms with van der Waals surface area (Å²) in [5, 5.41) is 0. The number of H-pyrrole nitrogens is 1. The molecule has 22 heavy (non-hydrogen) atoms. The Balaban J connectivity index is 1.79. The molecule has 3 rings (SSSR count). The molecule has 0 amide bonds. The molecule has 0 aliphatic heterocycles. The molecule has 0 spiro atoms. The zero-order valence-corrected chi connectivity index (χ0v) is 13.9. The smallest absolute Gasteiger partial charge is 0.110 e. The maximum absolute atomic E-state index is 4.97. The van der Waals surface area contributed by atoms with E-state index in [-0.39, 0.29) is 0 Å². The molecule has 2 atom stereocenters. The molecule has 1 heterocycles. The van der Waals surface area contributed by atoms with Crippen molar-refractivity contribution < 1.29 is 0 Å². The lowest BCUT2D eigenvalue weighted by molar-refractivity contribution is 0.461. The Morgan fingerprint density at radius 2 is 1.64 bits per heavy atom. The molecule has 2 nitrogen and oxygen atoms in total. The molecule has 2 unspecified atom stereocenters. The normalized spacial score (nSPS) is 23.5. The largest absolute Gasteiger partial charge is 0.345 e. The first-order chi connectivity index (χ1) is 10.7. The molecule has 2 aromatic rings. The number of nitrogens with zero attached hydrogens (tertiary/aromatic N) is 1. The van der Waals surface area contributed by atoms with E-state index in [0.717, 1.165) is 11.6 Å². The minimum Gasteiger partial charge on any atom is -0.345 e. The lowest BCUT2D eigenvalue weighted by atomic mass is 9.96. The van der Waals surface area contributed by atoms with Gasteiger partial charge in [-0.15, -0.1) is 0 Å². The van der Waals surface area contributed by atoms with E-state index in [2.05, 4.69) is 49.2 Å². The highest BCUT2D eigenvalue weighted by molar-refractivity contribution is 5.61. The maximum Gasteiger partial charge on any atom is 0.110 e. The summed E-state index contributed by atoms with van der Waals surface area (Å²) in [7, 11) is 0. The zero-order valence-electron chi connectivity index (χ0n) is 13.9. The zero-order chi connectivity index (χ0) is 15.4. The summed E-state index contributed by atoms with van der Waals surface area (Å²) in [4.78, 5) is 8.55. The number of benzene rings is 1. The van der Waals surface area contributed by atoms with Gasteiger partial charge in [-0.1, -0.05) is 69.4 Å². The van der Waals surface area contributed by atoms with Crippen molar-refractivity contribution in [3.8, 4) is 11.3 Å². The van der Waals surface area contributed by atoms with Gasteiger partial charge in [0, 0.05) is 17.2 Å². The van der Waals surface area contributed by atoms with Crippen molar-refractivity contribution in [2.75, 3.05) is 0 Å². The molecule has 1 N–H and O–H groups in total. The molecule has 0 saturated heterocycles. The first-order valence-corrected chi connectivity index (χ1v) is 8.86. The summed E-state index contributed by atoms with van der Waals surface area (Å²) in [6.45, 7) is 4.56. The van der Waals surface area contributed by atoms with E-state index in [4.69, 9.17) is 4.98 Å². The maximum atomic E-state index is 4.97. The molecular formula is C20H28N2. The summed E-state index contributed by atoms with van der Waals surface area (Å²) in [6.07, 6.45) is 9.41. The first kappa shape index (κ1) is 15.3. The van der Waals surface area contributed by atoms with Crippen LogP contribution in [-0.2, 0) is 0 Å². The second-order valence-electron chi connectivity index (χ2n) is 6.98. The molecule has 2 heteroatoms. The monoisotopic (exact) mass is 296 g/mol. The van der Waals surface area contributed by atoms with Gasteiger partial charge in [0.05, 0.1) is 5.69 Å². The summed E-state index contributed by atoms with van der Waals surface area (Å²) >= 11 is 0. The number of aromatic amines is 1. The van der Waals surface area contributed by atoms with Crippen LogP contribution in [-0.4, -0.2) is 9.97 Å². The number of hydrogen-bond acceptors (Lipinski definition) is 1. The van der Waals surface area contributed by atoms with E-state index in [1.165, 1.54) is 62.0 Å². The quantitative estimate of drug-likeness (QED) is 0.740. The van der Waals surface area contributed by atoms with Crippen molar-refractivity contribution in [2.24, 2.45) is 5.92 Å². The van der Waals surface area contributed by atoms with E-state index in [0.29, 0.717) is 5.92 Å². The van der Waals surface area contributed by atoms with Gasteiger partial charge in [0.2, 0.25) is 0 Å². The van der Waals surface area contributed by atoms with Crippen LogP contribution in [0.4, 0.5) is 0 Å². The second kappa shape index (κ2) is 7.13. The standard InChI is InChI=1S/C20H28N2/c1-15-9-6-7-13-18(14-8-10-15)20-21-16(2)19(22-20)17-11-4-3-5-12-17/h3-5,11-12,15,18H,6-10,13-14H2,1-2H3,(H,21,22). The molecule has 0 radical (unpaired) electrons. The first-order valence-electron chi connectivity index (χ1n) is 8.86. The minimum absolute atomic E-state index is 0.612. The average molecular weight is 296 g/mol. The molecule has 1 aromatic heterocycles. The highest BCUT2D eigenvalue weighted by atomic mass is 14.9. The molecule has 1 fully saturated rings. The van der Waals surface area contributed by atoms with Crippen LogP contribution in [0.2, 0.25) is 0 Å². The molecular weight excluding hydrogens is 268 g/mol. The lowest BCUT2D eigenvalue weighted by Crippen LogP contribution is -2.01. The average Bonchev–Trinajstić information content (AvgIpc) is 2.95. The van der Waals surface area contributed by atoms with Crippen LogP contribution < -0.4 is 0 Å². The van der Waals surface area contributed by atoms with E-state index in [9.17, 15) is 0 Å². The van der Waals surface area contributed by atoms with Gasteiger partial charge in [-0.2, -0.15) is 0 Å². The number of nitrogens with one attached hydrogen (secondary N) is 1. The topological polar surface area (TPSA) is 28.7 Å². The fraction of sp³-hybridized carbons (Fsp3) is 0.550. The van der Waals surface area contributed by atoms with Gasteiger partial charge in [0.25, 0.3) is 0 Å². The van der Waals surface area contributed by atoms with E-state index in [1.807, 2.05) is 0 Å². The third kappa shape index (κ3) is 3.60. The van der Waals surface area contributed by atoms with Crippen molar-refractivity contribution in [1.29, 1.82) is 0 Å². The fourth-order valence-electron chi connectivity index (χ4n) is 3.71. The van der Waals surface area contributed by atoms with E-state index < -0.39 is 0 Å². The number of aromatic nitrogens is 2. The van der Waals surface area contributed by atoms with Crippen molar-refractivity contribution >= 4 is 0 Å². The Kier molecular flexibility index (Phi) is 4.97. The highest BCUT2D eigenvalue weighted by Crippen LogP contribution is 2.32. The van der Waals surface area contributed by atoms with Crippen molar-refractivity contribution in [3.63, 3.8) is 0 Å². The van der Waals surface area contributed by atoms with Gasteiger partial charge in [-0.05, 0) is 25.7 Å². The number of aryl methyl sites for hydroxylation is 1. The predicted octanol–water partition coefficient (Wildman–Crippen LogP) is 5.85. The van der Waals surface area contributed by atoms with Crippen LogP contribution >= 0.6 is 0 Å². The molecule has 1 aromatic carbocycles. The lowest BCUT2D eigenvalue weighted by Gasteiger charge is -2.13. The SMILES string of the molecule is Cc1[nH]c(C2CCCCC(C)CCC2)nc1-c1ccccc1. The van der Waals surface area contributed by atoms with Gasteiger partial charge >= 0.3 is 0 Å². The molecule has 1 aliphatic rings. The molecule has 1 saturated carbocycles. The number of rotatable bonds is 2. The van der Waals surface area contributed by atoms with Crippen molar-refractivity contribution in [2.45, 2.75) is 64.7 Å². The Hall–Kier alpha value is -1.57. The van der Waals surface area contributed by atoms with E-state index >= 15 is 0 Å². The van der Waals surface area contributed by atoms with Gasteiger partial charge in [0.1, 0.15) is 5.82 Å². The van der Waals surface area contributed by atoms with Gasteiger partial charge in [0.15, 0.2) is 0 Å². The van der Waals surface area contributed by atoms with Crippen LogP contribution in [0.5, 0.6) is 0 Å². The Morgan fingerprint density at radius 3 is 2.45 bits per heavy atom. The summed E-state index contributed by atoms with van der Waals surface area (Å²) < 4.78 is 0. The Labute approximate surface area is 134 Å². The molecule has 118 valence electrons. The Bertz CT molecular complexity index is 585. The van der Waals surface area contributed by atoms with Crippen LogP contribution in [0, 0.1) is 12.8 Å². The third-order valence-electron chi connectivity index (χ3n) is 5.09. The second-order valence-corrected chi connectivity index (χ2v) is 6.98. The molecule has 0 bridgehead atoms. The highest BCUT2D eigenvalue weighted by Gasteiger charge is 2.19. The summed E-state index contributed by atoms with van der Waals surface area (Å²) in [5.74, 6) is 2.73.